The third-order valence-electron chi connectivity index (χ3n) is 5.77. The minimum atomic E-state index is -0.211. The number of phenolic OH excluding ortho intramolecular Hbond substituents is 1. The molecule has 3 N–H and O–H groups in total. The van der Waals surface area contributed by atoms with E-state index in [9.17, 15) is 15.3 Å². The molecule has 0 atom stereocenters. The average Bonchev–Trinajstić information content (AvgIpc) is 3.42. The maximum atomic E-state index is 11.0. The van der Waals surface area contributed by atoms with Crippen LogP contribution in [0.5, 0.6) is 17.4 Å². The Balaban J connectivity index is 1.73. The molecule has 5 rings (SSSR count). The maximum Gasteiger partial charge on any atom is 0.235 e. The maximum absolute atomic E-state index is 11.0. The molecule has 2 heterocycles. The van der Waals surface area contributed by atoms with Crippen LogP contribution in [0.2, 0.25) is 0 Å². The fourth-order valence-corrected chi connectivity index (χ4v) is 4.29. The van der Waals surface area contributed by atoms with E-state index >= 15 is 0 Å². The first-order valence-electron chi connectivity index (χ1n) is 10.5. The van der Waals surface area contributed by atoms with Gasteiger partial charge in [-0.05, 0) is 28.8 Å². The van der Waals surface area contributed by atoms with Gasteiger partial charge in [-0.25, -0.2) is 4.98 Å². The SMILES string of the molecule is Oc1ccc2ccccc2c1-c1c(-c2ccccc2)c(O)c(O)n1CCCn1ccnc1. The fraction of sp³-hybridized carbons (Fsp3) is 0.115. The van der Waals surface area contributed by atoms with Gasteiger partial charge in [0.15, 0.2) is 5.75 Å². The normalized spacial score (nSPS) is 11.2. The van der Waals surface area contributed by atoms with Crippen LogP contribution in [0.25, 0.3) is 33.2 Å². The Labute approximate surface area is 185 Å². The zero-order chi connectivity index (χ0) is 22.1. The summed E-state index contributed by atoms with van der Waals surface area (Å²) in [5, 5.41) is 34.7. The molecule has 32 heavy (non-hydrogen) atoms. The highest BCUT2D eigenvalue weighted by Crippen LogP contribution is 2.50. The summed E-state index contributed by atoms with van der Waals surface area (Å²) >= 11 is 0. The smallest absolute Gasteiger partial charge is 0.235 e. The Morgan fingerprint density at radius 2 is 1.56 bits per heavy atom. The van der Waals surface area contributed by atoms with E-state index < -0.39 is 0 Å². The van der Waals surface area contributed by atoms with E-state index in [1.165, 1.54) is 0 Å². The van der Waals surface area contributed by atoms with Crippen LogP contribution in [0, 0.1) is 0 Å². The number of aromatic hydroxyl groups is 3. The van der Waals surface area contributed by atoms with Crippen molar-refractivity contribution in [1.29, 1.82) is 0 Å². The summed E-state index contributed by atoms with van der Waals surface area (Å²) in [6.45, 7) is 1.16. The first kappa shape index (κ1) is 19.8. The summed E-state index contributed by atoms with van der Waals surface area (Å²) in [4.78, 5) is 4.07. The Morgan fingerprint density at radius 1 is 0.781 bits per heavy atom. The lowest BCUT2D eigenvalue weighted by atomic mass is 9.95. The molecule has 0 unspecified atom stereocenters. The second-order valence-electron chi connectivity index (χ2n) is 7.75. The van der Waals surface area contributed by atoms with Gasteiger partial charge in [-0.15, -0.1) is 0 Å². The molecule has 5 aromatic rings. The molecule has 0 amide bonds. The lowest BCUT2D eigenvalue weighted by molar-refractivity contribution is 0.368. The van der Waals surface area contributed by atoms with Crippen LogP contribution in [-0.2, 0) is 13.1 Å². The predicted molar refractivity (Wildman–Crippen MR) is 125 cm³/mol. The van der Waals surface area contributed by atoms with Crippen LogP contribution in [0.4, 0.5) is 0 Å². The number of rotatable bonds is 6. The minimum absolute atomic E-state index is 0.0919. The van der Waals surface area contributed by atoms with Crippen LogP contribution in [0.3, 0.4) is 0 Å². The molecule has 0 saturated heterocycles. The van der Waals surface area contributed by atoms with Gasteiger partial charge in [0.25, 0.3) is 0 Å². The minimum Gasteiger partial charge on any atom is -0.507 e. The Hall–Kier alpha value is -4.19. The van der Waals surface area contributed by atoms with E-state index in [0.717, 1.165) is 16.3 Å². The van der Waals surface area contributed by atoms with Crippen molar-refractivity contribution in [1.82, 2.24) is 14.1 Å². The van der Waals surface area contributed by atoms with Gasteiger partial charge in [0.05, 0.1) is 17.6 Å². The van der Waals surface area contributed by atoms with E-state index in [2.05, 4.69) is 4.98 Å². The number of hydrogen-bond donors (Lipinski definition) is 3. The molecule has 3 aromatic carbocycles. The van der Waals surface area contributed by atoms with Crippen LogP contribution in [0.1, 0.15) is 6.42 Å². The molecule has 0 aliphatic carbocycles. The molecule has 0 spiro atoms. The molecule has 6 nitrogen and oxygen atoms in total. The molecule has 0 bridgehead atoms. The molecule has 0 aliphatic rings. The molecule has 6 heteroatoms. The van der Waals surface area contributed by atoms with Gasteiger partial charge in [0.2, 0.25) is 5.88 Å². The van der Waals surface area contributed by atoms with Gasteiger partial charge in [0.1, 0.15) is 5.75 Å². The van der Waals surface area contributed by atoms with Gasteiger partial charge in [-0.2, -0.15) is 0 Å². The standard InChI is InChI=1S/C26H23N3O3/c30-21-12-11-18-7-4-5-10-20(18)23(21)24-22(19-8-2-1-3-9-19)25(31)26(32)29(24)15-6-14-28-16-13-27-17-28/h1-5,7-13,16-17,30-32H,6,14-15H2. The van der Waals surface area contributed by atoms with Crippen molar-refractivity contribution in [3.63, 3.8) is 0 Å². The number of hydrogen-bond acceptors (Lipinski definition) is 4. The highest BCUT2D eigenvalue weighted by atomic mass is 16.3. The third-order valence-corrected chi connectivity index (χ3v) is 5.77. The summed E-state index contributed by atoms with van der Waals surface area (Å²) in [5.41, 5.74) is 2.43. The van der Waals surface area contributed by atoms with Crippen LogP contribution in [-0.4, -0.2) is 29.4 Å². The Morgan fingerprint density at radius 3 is 2.34 bits per heavy atom. The third kappa shape index (κ3) is 3.36. The van der Waals surface area contributed by atoms with Crippen molar-refractivity contribution in [3.8, 4) is 39.8 Å². The first-order chi connectivity index (χ1) is 15.6. The lowest BCUT2D eigenvalue weighted by Gasteiger charge is -2.16. The molecule has 0 fully saturated rings. The van der Waals surface area contributed by atoms with Gasteiger partial charge >= 0.3 is 0 Å². The molecule has 160 valence electrons. The number of aryl methyl sites for hydroxylation is 1. The van der Waals surface area contributed by atoms with Crippen molar-refractivity contribution in [2.75, 3.05) is 0 Å². The zero-order valence-corrected chi connectivity index (χ0v) is 17.4. The Bertz CT molecular complexity index is 1370. The number of imidazole rings is 1. The summed E-state index contributed by atoms with van der Waals surface area (Å²) in [6, 6.07) is 20.7. The molecule has 0 radical (unpaired) electrons. The number of aromatic nitrogens is 3. The Kier molecular flexibility index (Phi) is 5.03. The van der Waals surface area contributed by atoms with Crippen molar-refractivity contribution >= 4 is 10.8 Å². The van der Waals surface area contributed by atoms with E-state index in [0.29, 0.717) is 36.3 Å². The molecule has 0 saturated carbocycles. The second-order valence-corrected chi connectivity index (χ2v) is 7.75. The topological polar surface area (TPSA) is 83.4 Å². The summed E-state index contributed by atoms with van der Waals surface area (Å²) in [7, 11) is 0. The highest BCUT2D eigenvalue weighted by molar-refractivity contribution is 6.04. The van der Waals surface area contributed by atoms with Crippen molar-refractivity contribution in [2.45, 2.75) is 19.5 Å². The van der Waals surface area contributed by atoms with E-state index in [-0.39, 0.29) is 17.4 Å². The van der Waals surface area contributed by atoms with Crippen molar-refractivity contribution in [2.24, 2.45) is 0 Å². The van der Waals surface area contributed by atoms with Crippen molar-refractivity contribution < 1.29 is 15.3 Å². The predicted octanol–water partition coefficient (Wildman–Crippen LogP) is 5.38. The van der Waals surface area contributed by atoms with E-state index in [1.54, 1.807) is 23.2 Å². The number of nitrogens with zero attached hydrogens (tertiary/aromatic N) is 3. The highest BCUT2D eigenvalue weighted by Gasteiger charge is 2.27. The van der Waals surface area contributed by atoms with Gasteiger partial charge in [-0.3, -0.25) is 0 Å². The number of benzene rings is 3. The molecule has 0 aliphatic heterocycles. The molecule has 2 aromatic heterocycles. The lowest BCUT2D eigenvalue weighted by Crippen LogP contribution is -2.05. The monoisotopic (exact) mass is 425 g/mol. The average molecular weight is 425 g/mol. The largest absolute Gasteiger partial charge is 0.507 e. The summed E-state index contributed by atoms with van der Waals surface area (Å²) in [5.74, 6) is -0.313. The summed E-state index contributed by atoms with van der Waals surface area (Å²) < 4.78 is 3.66. The van der Waals surface area contributed by atoms with Crippen LogP contribution in [0.15, 0.2) is 85.5 Å². The number of fused-ring (bicyclic) bond motifs is 1. The van der Waals surface area contributed by atoms with E-state index in [1.807, 2.05) is 71.4 Å². The van der Waals surface area contributed by atoms with E-state index in [4.69, 9.17) is 0 Å². The number of phenols is 1. The first-order valence-corrected chi connectivity index (χ1v) is 10.5. The zero-order valence-electron chi connectivity index (χ0n) is 17.4. The van der Waals surface area contributed by atoms with Gasteiger partial charge in [-0.1, -0.05) is 60.7 Å². The quantitative estimate of drug-likeness (QED) is 0.341. The van der Waals surface area contributed by atoms with Gasteiger partial charge < -0.3 is 24.5 Å². The fourth-order valence-electron chi connectivity index (χ4n) is 4.29. The van der Waals surface area contributed by atoms with Gasteiger partial charge in [0, 0.05) is 31.0 Å². The second kappa shape index (κ2) is 8.15. The van der Waals surface area contributed by atoms with Crippen LogP contribution < -0.4 is 0 Å². The van der Waals surface area contributed by atoms with Crippen molar-refractivity contribution in [3.05, 3.63) is 85.5 Å². The van der Waals surface area contributed by atoms with Crippen LogP contribution >= 0.6 is 0 Å². The summed E-state index contributed by atoms with van der Waals surface area (Å²) in [6.07, 6.45) is 6.07. The molecular weight excluding hydrogens is 402 g/mol. The molecular formula is C26H23N3O3.